The van der Waals surface area contributed by atoms with Crippen molar-refractivity contribution in [2.75, 3.05) is 13.1 Å². The average Bonchev–Trinajstić information content (AvgIpc) is 2.51. The van der Waals surface area contributed by atoms with Gasteiger partial charge in [0.05, 0.1) is 11.7 Å². The van der Waals surface area contributed by atoms with Gasteiger partial charge in [0.25, 0.3) is 0 Å². The Balaban J connectivity index is 2.00. The molecule has 0 radical (unpaired) electrons. The van der Waals surface area contributed by atoms with Crippen molar-refractivity contribution < 1.29 is 0 Å². The second kappa shape index (κ2) is 5.21. The van der Waals surface area contributed by atoms with Gasteiger partial charge >= 0.3 is 0 Å². The first-order valence-electron chi connectivity index (χ1n) is 6.88. The molecule has 17 heavy (non-hydrogen) atoms. The summed E-state index contributed by atoms with van der Waals surface area (Å²) in [5.74, 6) is 0.777. The highest BCUT2D eigenvalue weighted by Crippen LogP contribution is 2.39. The topological polar surface area (TPSA) is 29.9 Å². The highest BCUT2D eigenvalue weighted by Gasteiger charge is 2.33. The molecule has 0 bridgehead atoms. The number of aryl methyl sites for hydroxylation is 1. The van der Waals surface area contributed by atoms with E-state index < -0.39 is 0 Å². The normalized spacial score (nSPS) is 23.8. The fourth-order valence-corrected chi connectivity index (χ4v) is 2.64. The molecule has 0 saturated heterocycles. The summed E-state index contributed by atoms with van der Waals surface area (Å²) in [4.78, 5) is 0. The fourth-order valence-electron chi connectivity index (χ4n) is 2.64. The Morgan fingerprint density at radius 2 is 2.06 bits per heavy atom. The molecule has 2 atom stereocenters. The molecule has 1 N–H and O–H groups in total. The van der Waals surface area contributed by atoms with Gasteiger partial charge in [0.1, 0.15) is 0 Å². The van der Waals surface area contributed by atoms with Crippen molar-refractivity contribution in [3.05, 3.63) is 17.0 Å². The highest BCUT2D eigenvalue weighted by atomic mass is 15.3. The molecule has 3 heteroatoms. The van der Waals surface area contributed by atoms with Crippen LogP contribution in [0, 0.1) is 26.7 Å². The Labute approximate surface area is 105 Å². The van der Waals surface area contributed by atoms with Gasteiger partial charge in [0.15, 0.2) is 0 Å². The summed E-state index contributed by atoms with van der Waals surface area (Å²) in [5.41, 5.74) is 3.90. The van der Waals surface area contributed by atoms with Gasteiger partial charge in [-0.05, 0) is 64.6 Å². The summed E-state index contributed by atoms with van der Waals surface area (Å²) in [6.07, 6.45) is 3.86. The van der Waals surface area contributed by atoms with E-state index in [2.05, 4.69) is 37.7 Å². The van der Waals surface area contributed by atoms with Crippen LogP contribution >= 0.6 is 0 Å². The number of nitrogens with zero attached hydrogens (tertiary/aromatic N) is 2. The van der Waals surface area contributed by atoms with Crippen LogP contribution < -0.4 is 5.32 Å². The van der Waals surface area contributed by atoms with Crippen LogP contribution in [0.15, 0.2) is 0 Å². The van der Waals surface area contributed by atoms with Crippen molar-refractivity contribution in [1.29, 1.82) is 0 Å². The SMILES string of the molecule is CCCNCC1CCC1n1nc(C)c(C)c1C. The number of nitrogens with one attached hydrogen (secondary N) is 1. The Hall–Kier alpha value is -0.830. The molecular formula is C14H25N3. The average molecular weight is 235 g/mol. The third-order valence-corrected chi connectivity index (χ3v) is 4.21. The first-order valence-corrected chi connectivity index (χ1v) is 6.88. The molecule has 1 aromatic heterocycles. The standard InChI is InChI=1S/C14H25N3/c1-5-8-15-9-13-6-7-14(13)17-12(4)10(2)11(3)16-17/h13-15H,5-9H2,1-4H3. The predicted molar refractivity (Wildman–Crippen MR) is 71.4 cm³/mol. The maximum Gasteiger partial charge on any atom is 0.0625 e. The smallest absolute Gasteiger partial charge is 0.0625 e. The van der Waals surface area contributed by atoms with E-state index in [1.54, 1.807) is 0 Å². The first-order chi connectivity index (χ1) is 8.15. The minimum atomic E-state index is 0.631. The van der Waals surface area contributed by atoms with Crippen LogP contribution in [0.5, 0.6) is 0 Å². The fraction of sp³-hybridized carbons (Fsp3) is 0.786. The molecule has 1 aromatic rings. The number of aromatic nitrogens is 2. The lowest BCUT2D eigenvalue weighted by atomic mass is 9.79. The summed E-state index contributed by atoms with van der Waals surface area (Å²) < 4.78 is 2.27. The Kier molecular flexibility index (Phi) is 3.87. The number of hydrogen-bond donors (Lipinski definition) is 1. The number of hydrogen-bond acceptors (Lipinski definition) is 2. The highest BCUT2D eigenvalue weighted by molar-refractivity contribution is 5.23. The number of rotatable bonds is 5. The molecule has 2 unspecified atom stereocenters. The molecule has 0 aliphatic heterocycles. The third-order valence-electron chi connectivity index (χ3n) is 4.21. The van der Waals surface area contributed by atoms with Crippen LogP contribution in [0.2, 0.25) is 0 Å². The zero-order valence-electron chi connectivity index (χ0n) is 11.6. The summed E-state index contributed by atoms with van der Waals surface area (Å²) >= 11 is 0. The molecule has 96 valence electrons. The van der Waals surface area contributed by atoms with Crippen molar-refractivity contribution in [3.63, 3.8) is 0 Å². The van der Waals surface area contributed by atoms with Gasteiger partial charge in [-0.15, -0.1) is 0 Å². The zero-order valence-corrected chi connectivity index (χ0v) is 11.6. The second-order valence-electron chi connectivity index (χ2n) is 5.35. The maximum atomic E-state index is 4.70. The van der Waals surface area contributed by atoms with E-state index in [9.17, 15) is 0 Å². The van der Waals surface area contributed by atoms with E-state index in [-0.39, 0.29) is 0 Å². The third kappa shape index (κ3) is 2.39. The van der Waals surface area contributed by atoms with Gasteiger partial charge in [0, 0.05) is 5.69 Å². The van der Waals surface area contributed by atoms with E-state index in [0.29, 0.717) is 6.04 Å². The minimum absolute atomic E-state index is 0.631. The van der Waals surface area contributed by atoms with E-state index in [0.717, 1.165) is 19.0 Å². The molecule has 1 fully saturated rings. The summed E-state index contributed by atoms with van der Waals surface area (Å²) in [6.45, 7) is 11.0. The van der Waals surface area contributed by atoms with Crippen molar-refractivity contribution in [1.82, 2.24) is 15.1 Å². The lowest BCUT2D eigenvalue weighted by Gasteiger charge is -2.37. The van der Waals surface area contributed by atoms with E-state index in [1.807, 2.05) is 0 Å². The first kappa shape index (κ1) is 12.6. The van der Waals surface area contributed by atoms with E-state index in [4.69, 9.17) is 5.10 Å². The largest absolute Gasteiger partial charge is 0.316 e. The van der Waals surface area contributed by atoms with E-state index in [1.165, 1.54) is 36.2 Å². The molecule has 2 rings (SSSR count). The molecule has 1 aliphatic carbocycles. The quantitative estimate of drug-likeness (QED) is 0.795. The van der Waals surface area contributed by atoms with Gasteiger partial charge in [-0.3, -0.25) is 4.68 Å². The zero-order chi connectivity index (χ0) is 12.4. The molecule has 1 heterocycles. The van der Waals surface area contributed by atoms with Crippen LogP contribution in [0.1, 0.15) is 49.2 Å². The lowest BCUT2D eigenvalue weighted by Crippen LogP contribution is -2.38. The molecule has 1 saturated carbocycles. The van der Waals surface area contributed by atoms with Crippen molar-refractivity contribution >= 4 is 0 Å². The van der Waals surface area contributed by atoms with Gasteiger partial charge in [-0.25, -0.2) is 0 Å². The van der Waals surface area contributed by atoms with Gasteiger partial charge in [0.2, 0.25) is 0 Å². The van der Waals surface area contributed by atoms with Crippen molar-refractivity contribution in [2.24, 2.45) is 5.92 Å². The minimum Gasteiger partial charge on any atom is -0.316 e. The van der Waals surface area contributed by atoms with Crippen LogP contribution in [-0.2, 0) is 0 Å². The Morgan fingerprint density at radius 3 is 2.53 bits per heavy atom. The Morgan fingerprint density at radius 1 is 1.29 bits per heavy atom. The Bertz CT molecular complexity index is 381. The van der Waals surface area contributed by atoms with E-state index >= 15 is 0 Å². The van der Waals surface area contributed by atoms with Gasteiger partial charge < -0.3 is 5.32 Å². The van der Waals surface area contributed by atoms with Gasteiger partial charge in [-0.2, -0.15) is 5.10 Å². The molecule has 0 aromatic carbocycles. The summed E-state index contributed by atoms with van der Waals surface area (Å²) in [5, 5.41) is 8.24. The molecule has 0 spiro atoms. The maximum absolute atomic E-state index is 4.70. The van der Waals surface area contributed by atoms with Gasteiger partial charge in [-0.1, -0.05) is 6.92 Å². The molecule has 3 nitrogen and oxygen atoms in total. The van der Waals surface area contributed by atoms with Crippen LogP contribution in [0.4, 0.5) is 0 Å². The van der Waals surface area contributed by atoms with Crippen LogP contribution in [-0.4, -0.2) is 22.9 Å². The van der Waals surface area contributed by atoms with Crippen molar-refractivity contribution in [2.45, 2.75) is 53.0 Å². The monoisotopic (exact) mass is 235 g/mol. The lowest BCUT2D eigenvalue weighted by molar-refractivity contribution is 0.160. The predicted octanol–water partition coefficient (Wildman–Crippen LogP) is 2.76. The summed E-state index contributed by atoms with van der Waals surface area (Å²) in [6, 6.07) is 0.631. The molecule has 1 aliphatic rings. The molecular weight excluding hydrogens is 210 g/mol. The second-order valence-corrected chi connectivity index (χ2v) is 5.35. The van der Waals surface area contributed by atoms with Crippen molar-refractivity contribution in [3.8, 4) is 0 Å². The van der Waals surface area contributed by atoms with Crippen LogP contribution in [0.3, 0.4) is 0 Å². The molecule has 0 amide bonds. The summed E-state index contributed by atoms with van der Waals surface area (Å²) in [7, 11) is 0. The van der Waals surface area contributed by atoms with Crippen LogP contribution in [0.25, 0.3) is 0 Å².